The molecule has 1 N–H and O–H groups in total. The number of hydrogen-bond acceptors (Lipinski definition) is 3. The summed E-state index contributed by atoms with van der Waals surface area (Å²) in [6.45, 7) is 0. The molecule has 3 heteroatoms. The Kier molecular flexibility index (Phi) is 2.15. The fourth-order valence-corrected chi connectivity index (χ4v) is 3.49. The number of para-hydroxylation sites is 5. The molecule has 0 aromatic heterocycles. The molecule has 0 aliphatic carbocycles. The van der Waals surface area contributed by atoms with Gasteiger partial charge in [-0.05, 0) is 36.4 Å². The Hall–Kier alpha value is -2.94. The number of anilines is 7. The number of benzene rings is 3. The maximum Gasteiger partial charge on any atom is 0.0938 e. The highest BCUT2D eigenvalue weighted by molar-refractivity contribution is 6.07. The van der Waals surface area contributed by atoms with E-state index in [0.29, 0.717) is 0 Å². The zero-order valence-electron chi connectivity index (χ0n) is 12.2. The van der Waals surface area contributed by atoms with E-state index >= 15 is 0 Å². The summed E-state index contributed by atoms with van der Waals surface area (Å²) < 4.78 is 0. The van der Waals surface area contributed by atoms with Crippen LogP contribution < -0.4 is 15.1 Å². The lowest BCUT2D eigenvalue weighted by atomic mass is 10.0. The van der Waals surface area contributed by atoms with Crippen molar-refractivity contribution in [2.75, 3.05) is 22.2 Å². The Morgan fingerprint density at radius 2 is 1.27 bits per heavy atom. The zero-order valence-corrected chi connectivity index (χ0v) is 12.2. The monoisotopic (exact) mass is 285 g/mol. The van der Waals surface area contributed by atoms with Gasteiger partial charge in [-0.25, -0.2) is 0 Å². The van der Waals surface area contributed by atoms with Gasteiger partial charge in [-0.2, -0.15) is 0 Å². The average molecular weight is 285 g/mol. The SMILES string of the molecule is CN1c2ccccc2N2c3ccccc3Nc3cccc1c32. The predicted molar refractivity (Wildman–Crippen MR) is 92.5 cm³/mol. The zero-order chi connectivity index (χ0) is 14.7. The first-order valence-corrected chi connectivity index (χ1v) is 7.46. The lowest BCUT2D eigenvalue weighted by molar-refractivity contribution is 1.12. The fraction of sp³-hybridized carbons (Fsp3) is 0.0526. The number of fused-ring (bicyclic) bond motifs is 4. The second-order valence-electron chi connectivity index (χ2n) is 5.70. The van der Waals surface area contributed by atoms with Gasteiger partial charge >= 0.3 is 0 Å². The summed E-state index contributed by atoms with van der Waals surface area (Å²) in [5.74, 6) is 0. The molecule has 2 aliphatic rings. The Labute approximate surface area is 129 Å². The summed E-state index contributed by atoms with van der Waals surface area (Å²) in [6.07, 6.45) is 0. The molecule has 0 saturated heterocycles. The minimum atomic E-state index is 1.14. The largest absolute Gasteiger partial charge is 0.352 e. The van der Waals surface area contributed by atoms with Crippen LogP contribution in [0, 0.1) is 0 Å². The van der Waals surface area contributed by atoms with Crippen LogP contribution in [0.15, 0.2) is 66.7 Å². The van der Waals surface area contributed by atoms with Crippen LogP contribution in [-0.2, 0) is 0 Å². The van der Waals surface area contributed by atoms with E-state index < -0.39 is 0 Å². The molecule has 2 aliphatic heterocycles. The molecule has 0 saturated carbocycles. The summed E-state index contributed by atoms with van der Waals surface area (Å²) in [6, 6.07) is 23.5. The first kappa shape index (κ1) is 11.7. The van der Waals surface area contributed by atoms with Crippen molar-refractivity contribution in [2.24, 2.45) is 0 Å². The topological polar surface area (TPSA) is 18.5 Å². The summed E-state index contributed by atoms with van der Waals surface area (Å²) in [5, 5.41) is 3.56. The van der Waals surface area contributed by atoms with Crippen molar-refractivity contribution in [1.29, 1.82) is 0 Å². The average Bonchev–Trinajstić information content (AvgIpc) is 2.58. The van der Waals surface area contributed by atoms with Gasteiger partial charge in [0.05, 0.1) is 39.8 Å². The Morgan fingerprint density at radius 1 is 0.636 bits per heavy atom. The van der Waals surface area contributed by atoms with Crippen molar-refractivity contribution in [3.05, 3.63) is 66.7 Å². The standard InChI is InChI=1S/C19H15N3/c1-21-16-10-4-5-11-17(16)22-15-9-3-2-7-13(15)20-14-8-6-12-18(21)19(14)22/h2-12,20H,1H3. The van der Waals surface area contributed by atoms with Gasteiger partial charge in [0.15, 0.2) is 0 Å². The highest BCUT2D eigenvalue weighted by Crippen LogP contribution is 2.57. The van der Waals surface area contributed by atoms with Crippen LogP contribution in [0.5, 0.6) is 0 Å². The number of hydrogen-bond donors (Lipinski definition) is 1. The third-order valence-corrected chi connectivity index (χ3v) is 4.50. The molecule has 0 unspecified atom stereocenters. The van der Waals surface area contributed by atoms with E-state index in [1.54, 1.807) is 0 Å². The van der Waals surface area contributed by atoms with Crippen molar-refractivity contribution in [1.82, 2.24) is 0 Å². The third-order valence-electron chi connectivity index (χ3n) is 4.50. The van der Waals surface area contributed by atoms with Gasteiger partial charge in [0.25, 0.3) is 0 Å². The summed E-state index contributed by atoms with van der Waals surface area (Å²) in [5.41, 5.74) is 8.38. The lowest BCUT2D eigenvalue weighted by Gasteiger charge is -2.42. The quantitative estimate of drug-likeness (QED) is 0.473. The van der Waals surface area contributed by atoms with Gasteiger partial charge < -0.3 is 15.1 Å². The van der Waals surface area contributed by atoms with Gasteiger partial charge in [-0.15, -0.1) is 0 Å². The predicted octanol–water partition coefficient (Wildman–Crippen LogP) is 5.29. The normalized spacial score (nSPS) is 13.9. The molecule has 0 fully saturated rings. The lowest BCUT2D eigenvalue weighted by Crippen LogP contribution is -2.27. The van der Waals surface area contributed by atoms with E-state index in [4.69, 9.17) is 0 Å². The Morgan fingerprint density at radius 3 is 2.14 bits per heavy atom. The summed E-state index contributed by atoms with van der Waals surface area (Å²) in [4.78, 5) is 4.63. The van der Waals surface area contributed by atoms with Crippen LogP contribution in [-0.4, -0.2) is 7.05 Å². The van der Waals surface area contributed by atoms with E-state index in [2.05, 4.69) is 88.9 Å². The fourth-order valence-electron chi connectivity index (χ4n) is 3.49. The van der Waals surface area contributed by atoms with E-state index in [9.17, 15) is 0 Å². The molecule has 0 atom stereocenters. The van der Waals surface area contributed by atoms with Crippen LogP contribution in [0.2, 0.25) is 0 Å². The van der Waals surface area contributed by atoms with Crippen LogP contribution in [0.1, 0.15) is 0 Å². The number of rotatable bonds is 0. The molecule has 22 heavy (non-hydrogen) atoms. The summed E-state index contributed by atoms with van der Waals surface area (Å²) in [7, 11) is 2.13. The van der Waals surface area contributed by atoms with E-state index in [-0.39, 0.29) is 0 Å². The van der Waals surface area contributed by atoms with E-state index in [1.165, 1.54) is 28.4 Å². The van der Waals surface area contributed by atoms with Crippen molar-refractivity contribution in [2.45, 2.75) is 0 Å². The van der Waals surface area contributed by atoms with Gasteiger partial charge in [0.2, 0.25) is 0 Å². The van der Waals surface area contributed by atoms with Crippen molar-refractivity contribution >= 4 is 39.8 Å². The highest BCUT2D eigenvalue weighted by Gasteiger charge is 2.33. The molecular weight excluding hydrogens is 270 g/mol. The van der Waals surface area contributed by atoms with Crippen LogP contribution in [0.4, 0.5) is 39.8 Å². The van der Waals surface area contributed by atoms with Gasteiger partial charge in [-0.3, -0.25) is 0 Å². The van der Waals surface area contributed by atoms with Crippen molar-refractivity contribution < 1.29 is 0 Å². The van der Waals surface area contributed by atoms with Gasteiger partial charge in [0, 0.05) is 7.05 Å². The van der Waals surface area contributed by atoms with E-state index in [1.807, 2.05) is 0 Å². The van der Waals surface area contributed by atoms with Gasteiger partial charge in [0.1, 0.15) is 0 Å². The first-order chi connectivity index (χ1) is 10.8. The Bertz CT molecular complexity index is 901. The van der Waals surface area contributed by atoms with Gasteiger partial charge in [-0.1, -0.05) is 30.3 Å². The highest BCUT2D eigenvalue weighted by atomic mass is 15.3. The van der Waals surface area contributed by atoms with Crippen LogP contribution >= 0.6 is 0 Å². The smallest absolute Gasteiger partial charge is 0.0938 e. The second-order valence-corrected chi connectivity index (χ2v) is 5.70. The molecule has 0 bridgehead atoms. The molecular formula is C19H15N3. The third kappa shape index (κ3) is 1.35. The molecule has 3 aromatic rings. The molecule has 3 nitrogen and oxygen atoms in total. The minimum absolute atomic E-state index is 1.14. The molecule has 106 valence electrons. The molecule has 5 rings (SSSR count). The molecule has 3 aromatic carbocycles. The van der Waals surface area contributed by atoms with E-state index in [0.717, 1.165) is 11.4 Å². The maximum atomic E-state index is 3.56. The van der Waals surface area contributed by atoms with Crippen LogP contribution in [0.3, 0.4) is 0 Å². The molecule has 0 amide bonds. The molecule has 0 spiro atoms. The Balaban J connectivity index is 1.90. The first-order valence-electron chi connectivity index (χ1n) is 7.46. The minimum Gasteiger partial charge on any atom is -0.352 e. The second kappa shape index (κ2) is 4.04. The van der Waals surface area contributed by atoms with Crippen molar-refractivity contribution in [3.63, 3.8) is 0 Å². The number of nitrogens with zero attached hydrogens (tertiary/aromatic N) is 2. The summed E-state index contributed by atoms with van der Waals surface area (Å²) >= 11 is 0. The molecule has 0 radical (unpaired) electrons. The maximum absolute atomic E-state index is 3.56. The van der Waals surface area contributed by atoms with Crippen molar-refractivity contribution in [3.8, 4) is 0 Å². The molecule has 2 heterocycles. The van der Waals surface area contributed by atoms with Crippen LogP contribution in [0.25, 0.3) is 0 Å². The number of nitrogens with one attached hydrogen (secondary N) is 1.